The van der Waals surface area contributed by atoms with Crippen LogP contribution in [0.25, 0.3) is 0 Å². The Morgan fingerprint density at radius 3 is 2.70 bits per heavy atom. The number of fused-ring (bicyclic) bond motifs is 1. The second-order valence-electron chi connectivity index (χ2n) is 7.32. The summed E-state index contributed by atoms with van der Waals surface area (Å²) < 4.78 is 39.1. The van der Waals surface area contributed by atoms with Crippen LogP contribution in [0.5, 0.6) is 0 Å². The second kappa shape index (κ2) is 9.38. The normalized spacial score (nSPS) is 19.7. The Balaban J connectivity index is 1.93. The lowest BCUT2D eigenvalue weighted by Crippen LogP contribution is -2.60. The molecule has 1 atom stereocenters. The number of halogens is 4. The molecule has 4 N–H and O–H groups in total. The van der Waals surface area contributed by atoms with E-state index in [9.17, 15) is 22.8 Å². The van der Waals surface area contributed by atoms with Gasteiger partial charge in [0.1, 0.15) is 11.9 Å². The van der Waals surface area contributed by atoms with Gasteiger partial charge in [-0.15, -0.1) is 0 Å². The lowest BCUT2D eigenvalue weighted by Gasteiger charge is -2.39. The maximum absolute atomic E-state index is 13.3. The summed E-state index contributed by atoms with van der Waals surface area (Å²) in [6.45, 7) is 6.88. The Morgan fingerprint density at radius 2 is 2.12 bits per heavy atom. The van der Waals surface area contributed by atoms with Gasteiger partial charge in [-0.05, 0) is 44.8 Å². The molecule has 1 saturated heterocycles. The molecule has 0 spiro atoms. The van der Waals surface area contributed by atoms with E-state index in [4.69, 9.17) is 17.3 Å². The summed E-state index contributed by atoms with van der Waals surface area (Å²) in [6.07, 6.45) is -2.22. The first-order chi connectivity index (χ1) is 15.5. The fourth-order valence-corrected chi connectivity index (χ4v) is 3.74. The van der Waals surface area contributed by atoms with Crippen molar-refractivity contribution in [2.24, 2.45) is 10.7 Å². The van der Waals surface area contributed by atoms with Crippen LogP contribution in [0.2, 0.25) is 5.02 Å². The van der Waals surface area contributed by atoms with Gasteiger partial charge < -0.3 is 16.0 Å². The first kappa shape index (κ1) is 24.5. The Labute approximate surface area is 193 Å². The molecule has 3 rings (SSSR count). The van der Waals surface area contributed by atoms with Crippen molar-refractivity contribution >= 4 is 35.8 Å². The molecule has 2 aliphatic rings. The van der Waals surface area contributed by atoms with Gasteiger partial charge in [-0.1, -0.05) is 17.7 Å². The van der Waals surface area contributed by atoms with E-state index < -0.39 is 34.7 Å². The fraction of sp³-hybridized carbons (Fsp3) is 0.286. The smallest absolute Gasteiger partial charge is 0.322 e. The van der Waals surface area contributed by atoms with E-state index in [1.807, 2.05) is 0 Å². The summed E-state index contributed by atoms with van der Waals surface area (Å²) >= 11 is 5.83. The Morgan fingerprint density at radius 1 is 1.42 bits per heavy atom. The lowest BCUT2D eigenvalue weighted by molar-refractivity contribution is -0.137. The van der Waals surface area contributed by atoms with Gasteiger partial charge in [-0.25, -0.2) is 5.43 Å². The zero-order chi connectivity index (χ0) is 24.5. The highest BCUT2D eigenvalue weighted by atomic mass is 35.5. The third kappa shape index (κ3) is 4.95. The Kier molecular flexibility index (Phi) is 6.96. The van der Waals surface area contributed by atoms with Gasteiger partial charge >= 0.3 is 6.18 Å². The van der Waals surface area contributed by atoms with Crippen molar-refractivity contribution in [1.82, 2.24) is 15.8 Å². The number of hydrogen-bond acceptors (Lipinski definition) is 6. The van der Waals surface area contributed by atoms with Crippen molar-refractivity contribution in [2.75, 3.05) is 18.0 Å². The number of allylic oxidation sites excluding steroid dienone is 2. The second-order valence-corrected chi connectivity index (χ2v) is 7.73. The summed E-state index contributed by atoms with van der Waals surface area (Å²) in [7, 11) is 0. The number of alkyl halides is 3. The number of carbonyl (C=O) groups excluding carboxylic acids is 2. The van der Waals surface area contributed by atoms with E-state index in [1.165, 1.54) is 9.91 Å². The monoisotopic (exact) mass is 482 g/mol. The SMILES string of the molecule is C=N/C(C)=C\C(=C/C)C(=O)NC1=C2C(=O)N(c3ccc(C(F)(F)F)c(Cl)c3)CC(N)N2NC1. The van der Waals surface area contributed by atoms with E-state index in [0.29, 0.717) is 11.3 Å². The summed E-state index contributed by atoms with van der Waals surface area (Å²) in [5.41, 5.74) is 9.49. The molecule has 0 aliphatic carbocycles. The van der Waals surface area contributed by atoms with Crippen LogP contribution in [0.15, 0.2) is 58.0 Å². The first-order valence-corrected chi connectivity index (χ1v) is 10.2. The fourth-order valence-electron chi connectivity index (χ4n) is 3.45. The van der Waals surface area contributed by atoms with Gasteiger partial charge in [-0.2, -0.15) is 13.2 Å². The molecule has 0 bridgehead atoms. The average Bonchev–Trinajstić information content (AvgIpc) is 3.17. The van der Waals surface area contributed by atoms with E-state index in [0.717, 1.165) is 18.2 Å². The molecule has 0 aromatic heterocycles. The molecule has 1 fully saturated rings. The maximum Gasteiger partial charge on any atom is 0.417 e. The average molecular weight is 483 g/mol. The number of benzene rings is 1. The molecule has 2 aliphatic heterocycles. The number of rotatable bonds is 5. The number of carbonyl (C=O) groups is 2. The molecule has 176 valence electrons. The Bertz CT molecular complexity index is 1100. The van der Waals surface area contributed by atoms with Crippen LogP contribution in [0.1, 0.15) is 19.4 Å². The van der Waals surface area contributed by atoms with E-state index in [-0.39, 0.29) is 30.2 Å². The first-order valence-electron chi connectivity index (χ1n) is 9.80. The maximum atomic E-state index is 13.3. The number of nitrogens with zero attached hydrogens (tertiary/aromatic N) is 3. The number of aliphatic imine (C=N–C) groups is 1. The molecule has 2 heterocycles. The highest BCUT2D eigenvalue weighted by molar-refractivity contribution is 6.31. The van der Waals surface area contributed by atoms with Gasteiger partial charge in [-0.3, -0.25) is 19.6 Å². The lowest BCUT2D eigenvalue weighted by atomic mass is 10.1. The number of amides is 2. The van der Waals surface area contributed by atoms with Crippen molar-refractivity contribution in [2.45, 2.75) is 26.2 Å². The molecular weight excluding hydrogens is 461 g/mol. The third-order valence-electron chi connectivity index (χ3n) is 5.12. The molecular formula is C21H22ClF3N6O2. The third-order valence-corrected chi connectivity index (χ3v) is 5.44. The topological polar surface area (TPSA) is 103 Å². The van der Waals surface area contributed by atoms with Crippen molar-refractivity contribution in [3.05, 3.63) is 63.6 Å². The van der Waals surface area contributed by atoms with Crippen molar-refractivity contribution in [3.8, 4) is 0 Å². The van der Waals surface area contributed by atoms with Crippen molar-refractivity contribution in [1.29, 1.82) is 0 Å². The van der Waals surface area contributed by atoms with Crippen molar-refractivity contribution in [3.63, 3.8) is 0 Å². The molecule has 0 saturated carbocycles. The van der Waals surface area contributed by atoms with Gasteiger partial charge in [0.05, 0.1) is 29.4 Å². The number of nitrogens with two attached hydrogens (primary N) is 1. The van der Waals surface area contributed by atoms with Crippen LogP contribution in [-0.4, -0.2) is 42.8 Å². The molecule has 1 unspecified atom stereocenters. The highest BCUT2D eigenvalue weighted by Gasteiger charge is 2.41. The summed E-state index contributed by atoms with van der Waals surface area (Å²) in [5, 5.41) is 3.60. The van der Waals surface area contributed by atoms with E-state index in [2.05, 4.69) is 22.5 Å². The van der Waals surface area contributed by atoms with E-state index >= 15 is 0 Å². The van der Waals surface area contributed by atoms with Crippen LogP contribution >= 0.6 is 11.6 Å². The predicted molar refractivity (Wildman–Crippen MR) is 119 cm³/mol. The number of anilines is 1. The quantitative estimate of drug-likeness (QED) is 0.340. The minimum atomic E-state index is -4.62. The van der Waals surface area contributed by atoms with Gasteiger partial charge in [0.2, 0.25) is 0 Å². The highest BCUT2D eigenvalue weighted by Crippen LogP contribution is 2.37. The summed E-state index contributed by atoms with van der Waals surface area (Å²) in [4.78, 5) is 31.0. The predicted octanol–water partition coefficient (Wildman–Crippen LogP) is 2.69. The minimum absolute atomic E-state index is 0.00863. The van der Waals surface area contributed by atoms with Crippen LogP contribution in [0, 0.1) is 0 Å². The number of hydrogen-bond donors (Lipinski definition) is 3. The van der Waals surface area contributed by atoms with Gasteiger partial charge in [0.25, 0.3) is 11.8 Å². The van der Waals surface area contributed by atoms with Crippen LogP contribution < -0.4 is 21.4 Å². The van der Waals surface area contributed by atoms with Crippen molar-refractivity contribution < 1.29 is 22.8 Å². The van der Waals surface area contributed by atoms with Crippen LogP contribution in [-0.2, 0) is 15.8 Å². The molecule has 12 heteroatoms. The Hall–Kier alpha value is -3.15. The number of hydrazine groups is 1. The molecule has 1 aromatic carbocycles. The number of nitrogens with one attached hydrogen (secondary N) is 2. The molecule has 8 nitrogen and oxygen atoms in total. The molecule has 1 aromatic rings. The zero-order valence-corrected chi connectivity index (χ0v) is 18.6. The molecule has 33 heavy (non-hydrogen) atoms. The molecule has 2 amide bonds. The standard InChI is InChI=1S/C21H22ClF3N6O2/c1-4-12(7-11(2)27-3)19(32)29-16-9-28-31-17(26)10-30(20(33)18(16)31)13-5-6-14(15(22)8-13)21(23,24)25/h4-8,17,28H,3,9-10,26H2,1-2H3,(H,29,32)/b11-7-,12-4+. The number of piperazine rings is 1. The van der Waals surface area contributed by atoms with E-state index in [1.54, 1.807) is 26.0 Å². The largest absolute Gasteiger partial charge is 0.417 e. The molecule has 0 radical (unpaired) electrons. The summed E-state index contributed by atoms with van der Waals surface area (Å²) in [5.74, 6) is -1.02. The minimum Gasteiger partial charge on any atom is -0.322 e. The van der Waals surface area contributed by atoms with Crippen LogP contribution in [0.3, 0.4) is 0 Å². The zero-order valence-electron chi connectivity index (χ0n) is 17.8. The van der Waals surface area contributed by atoms with Crippen LogP contribution in [0.4, 0.5) is 18.9 Å². The van der Waals surface area contributed by atoms with Gasteiger partial charge in [0.15, 0.2) is 0 Å². The summed E-state index contributed by atoms with van der Waals surface area (Å²) in [6, 6.07) is 3.04. The van der Waals surface area contributed by atoms with Gasteiger partial charge in [0, 0.05) is 17.0 Å².